The first-order chi connectivity index (χ1) is 12.0. The van der Waals surface area contributed by atoms with Crippen molar-refractivity contribution < 1.29 is 9.90 Å². The molecule has 1 rings (SSSR count). The summed E-state index contributed by atoms with van der Waals surface area (Å²) in [5, 5.41) is 18.0. The molecule has 128 valence electrons. The number of hydrogen-bond donors (Lipinski definition) is 1. The zero-order valence-corrected chi connectivity index (χ0v) is 14.3. The Hall–Kier alpha value is -3.38. The maximum absolute atomic E-state index is 11.3. The molecule has 0 heterocycles. The molecule has 3 nitrogen and oxygen atoms in total. The summed E-state index contributed by atoms with van der Waals surface area (Å²) in [6.07, 6.45) is 11.6. The van der Waals surface area contributed by atoms with Crippen molar-refractivity contribution in [3.63, 3.8) is 0 Å². The highest BCUT2D eigenvalue weighted by Gasteiger charge is 2.30. The molecule has 1 aromatic carbocycles. The van der Waals surface area contributed by atoms with Gasteiger partial charge in [0.15, 0.2) is 0 Å². The molecule has 0 amide bonds. The van der Waals surface area contributed by atoms with E-state index in [-0.39, 0.29) is 5.57 Å². The smallest absolute Gasteiger partial charge is 0.332 e. The Labute approximate surface area is 149 Å². The number of nitriles is 1. The van der Waals surface area contributed by atoms with E-state index in [1.165, 1.54) is 6.08 Å². The van der Waals surface area contributed by atoms with Gasteiger partial charge < -0.3 is 5.11 Å². The van der Waals surface area contributed by atoms with Crippen molar-refractivity contribution in [2.75, 3.05) is 0 Å². The Balaban J connectivity index is 0.00000129. The summed E-state index contributed by atoms with van der Waals surface area (Å²) in [5.74, 6) is -1.10. The number of hydrogen-bond acceptors (Lipinski definition) is 2. The molecule has 0 aromatic heterocycles. The van der Waals surface area contributed by atoms with E-state index in [0.29, 0.717) is 6.42 Å². The second kappa shape index (κ2) is 12.1. The van der Waals surface area contributed by atoms with E-state index in [4.69, 9.17) is 5.26 Å². The zero-order chi connectivity index (χ0) is 19.1. The summed E-state index contributed by atoms with van der Waals surface area (Å²) in [6, 6.07) is 11.4. The molecule has 0 aliphatic carbocycles. The molecule has 0 aliphatic rings. The van der Waals surface area contributed by atoms with Gasteiger partial charge in [-0.1, -0.05) is 86.5 Å². The summed E-state index contributed by atoms with van der Waals surface area (Å²) in [7, 11) is 0. The van der Waals surface area contributed by atoms with Crippen molar-refractivity contribution in [1.82, 2.24) is 0 Å². The van der Waals surface area contributed by atoms with E-state index < -0.39 is 11.4 Å². The topological polar surface area (TPSA) is 61.1 Å². The van der Waals surface area contributed by atoms with E-state index in [9.17, 15) is 9.90 Å². The van der Waals surface area contributed by atoms with Crippen LogP contribution in [-0.2, 0) is 4.79 Å². The van der Waals surface area contributed by atoms with Crippen LogP contribution in [0.1, 0.15) is 12.0 Å². The van der Waals surface area contributed by atoms with Gasteiger partial charge in [-0.25, -0.2) is 4.79 Å². The molecule has 0 aliphatic heterocycles. The maximum Gasteiger partial charge on any atom is 0.332 e. The Morgan fingerprint density at radius 2 is 1.76 bits per heavy atom. The van der Waals surface area contributed by atoms with Crippen LogP contribution in [0.25, 0.3) is 6.08 Å². The molecule has 0 spiro atoms. The van der Waals surface area contributed by atoms with Gasteiger partial charge in [-0.3, -0.25) is 0 Å². The lowest BCUT2D eigenvalue weighted by atomic mass is 9.76. The van der Waals surface area contributed by atoms with Crippen LogP contribution in [-0.4, -0.2) is 11.1 Å². The van der Waals surface area contributed by atoms with Crippen LogP contribution >= 0.6 is 0 Å². The molecule has 25 heavy (non-hydrogen) atoms. The molecule has 1 N–H and O–H groups in total. The zero-order valence-electron chi connectivity index (χ0n) is 14.3. The van der Waals surface area contributed by atoms with Gasteiger partial charge in [-0.05, 0) is 12.0 Å². The Morgan fingerprint density at radius 1 is 1.16 bits per heavy atom. The van der Waals surface area contributed by atoms with Crippen molar-refractivity contribution in [2.24, 2.45) is 5.41 Å². The van der Waals surface area contributed by atoms with Crippen molar-refractivity contribution >= 4 is 12.0 Å². The molecule has 0 bridgehead atoms. The van der Waals surface area contributed by atoms with Gasteiger partial charge in [0.1, 0.15) is 0 Å². The minimum absolute atomic E-state index is 0.00100. The molecule has 3 heteroatoms. The molecule has 1 unspecified atom stereocenters. The minimum Gasteiger partial charge on any atom is -0.478 e. The number of carbonyl (C=O) groups is 1. The number of benzene rings is 1. The minimum atomic E-state index is -1.10. The van der Waals surface area contributed by atoms with E-state index in [2.05, 4.69) is 26.3 Å². The van der Waals surface area contributed by atoms with E-state index in [1.54, 1.807) is 30.4 Å². The summed E-state index contributed by atoms with van der Waals surface area (Å²) in [4.78, 5) is 11.3. The summed E-state index contributed by atoms with van der Waals surface area (Å²) >= 11 is 0. The van der Waals surface area contributed by atoms with E-state index >= 15 is 0 Å². The molecule has 0 saturated carbocycles. The number of carboxylic acid groups (broad SMARTS) is 1. The summed E-state index contributed by atoms with van der Waals surface area (Å²) in [5.41, 5.74) is -0.0188. The van der Waals surface area contributed by atoms with Crippen molar-refractivity contribution in [3.8, 4) is 6.07 Å². The molecule has 1 atom stereocenters. The Bertz CT molecular complexity index is 699. The number of rotatable bonds is 8. The first kappa shape index (κ1) is 21.6. The van der Waals surface area contributed by atoms with E-state index in [0.717, 1.165) is 5.56 Å². The molecule has 1 aromatic rings. The highest BCUT2D eigenvalue weighted by Crippen LogP contribution is 2.35. The molecular weight excluding hydrogens is 310 g/mol. The lowest BCUT2D eigenvalue weighted by Gasteiger charge is -2.26. The Morgan fingerprint density at radius 3 is 2.20 bits per heavy atom. The predicted octanol–water partition coefficient (Wildman–Crippen LogP) is 5.34. The SMILES string of the molecule is C=CC=C.C=CCC(C=CC#N)(C=Cc1ccccc1)C(=C)C(=O)O. The normalized spacial score (nSPS) is 12.3. The first-order valence-electron chi connectivity index (χ1n) is 7.56. The van der Waals surface area contributed by atoms with Crippen LogP contribution in [0, 0.1) is 16.7 Å². The lowest BCUT2D eigenvalue weighted by Crippen LogP contribution is -2.22. The van der Waals surface area contributed by atoms with Gasteiger partial charge in [-0.15, -0.1) is 6.58 Å². The monoisotopic (exact) mass is 333 g/mol. The van der Waals surface area contributed by atoms with Crippen LogP contribution in [0.2, 0.25) is 0 Å². The van der Waals surface area contributed by atoms with Crippen molar-refractivity contribution in [1.29, 1.82) is 5.26 Å². The van der Waals surface area contributed by atoms with Gasteiger partial charge in [-0.2, -0.15) is 5.26 Å². The standard InChI is InChI=1S/C18H17NO2.C4H6/c1-3-11-18(12-7-14-19,15(2)17(20)21)13-10-16-8-5-4-6-9-16;1-3-4-2/h3-10,12-13H,1-2,11H2,(H,20,21);3-4H,1-2H2. The number of aliphatic carboxylic acids is 1. The number of nitrogens with zero attached hydrogens (tertiary/aromatic N) is 1. The third-order valence-corrected chi connectivity index (χ3v) is 3.30. The Kier molecular flexibility index (Phi) is 10.5. The van der Waals surface area contributed by atoms with E-state index in [1.807, 2.05) is 42.5 Å². The second-order valence-corrected chi connectivity index (χ2v) is 4.99. The van der Waals surface area contributed by atoms with Crippen LogP contribution < -0.4 is 0 Å². The average Bonchev–Trinajstić information content (AvgIpc) is 2.64. The fourth-order valence-corrected chi connectivity index (χ4v) is 1.95. The van der Waals surface area contributed by atoms with Gasteiger partial charge in [0.2, 0.25) is 0 Å². The quantitative estimate of drug-likeness (QED) is 0.302. The molecular formula is C22H23NO2. The molecule has 0 fully saturated rings. The van der Waals surface area contributed by atoms with Crippen LogP contribution in [0.15, 0.2) is 98.7 Å². The van der Waals surface area contributed by atoms with Gasteiger partial charge in [0.25, 0.3) is 0 Å². The largest absolute Gasteiger partial charge is 0.478 e. The average molecular weight is 333 g/mol. The van der Waals surface area contributed by atoms with Gasteiger partial charge in [0, 0.05) is 17.1 Å². The van der Waals surface area contributed by atoms with Crippen molar-refractivity contribution in [3.05, 3.63) is 104 Å². The fourth-order valence-electron chi connectivity index (χ4n) is 1.95. The highest BCUT2D eigenvalue weighted by molar-refractivity contribution is 5.89. The summed E-state index contributed by atoms with van der Waals surface area (Å²) in [6.45, 7) is 14.0. The number of carboxylic acids is 1. The second-order valence-electron chi connectivity index (χ2n) is 4.99. The summed E-state index contributed by atoms with van der Waals surface area (Å²) < 4.78 is 0. The third kappa shape index (κ3) is 7.62. The molecule has 0 saturated heterocycles. The first-order valence-corrected chi connectivity index (χ1v) is 7.56. The fraction of sp³-hybridized carbons (Fsp3) is 0.0909. The van der Waals surface area contributed by atoms with Gasteiger partial charge in [0.05, 0.1) is 6.07 Å². The van der Waals surface area contributed by atoms with Gasteiger partial charge >= 0.3 is 5.97 Å². The third-order valence-electron chi connectivity index (χ3n) is 3.30. The number of allylic oxidation sites excluding steroid dienone is 6. The van der Waals surface area contributed by atoms with Crippen molar-refractivity contribution in [2.45, 2.75) is 6.42 Å². The molecule has 0 radical (unpaired) electrons. The van der Waals surface area contributed by atoms with Crippen LogP contribution in [0.3, 0.4) is 0 Å². The van der Waals surface area contributed by atoms with Crippen LogP contribution in [0.5, 0.6) is 0 Å². The maximum atomic E-state index is 11.3. The van der Waals surface area contributed by atoms with Crippen LogP contribution in [0.4, 0.5) is 0 Å². The predicted molar refractivity (Wildman–Crippen MR) is 105 cm³/mol. The highest BCUT2D eigenvalue weighted by atomic mass is 16.4. The lowest BCUT2D eigenvalue weighted by molar-refractivity contribution is -0.133.